The van der Waals surface area contributed by atoms with E-state index in [1.807, 2.05) is 12.1 Å². The third-order valence-corrected chi connectivity index (χ3v) is 5.95. The third kappa shape index (κ3) is 4.37. The topological polar surface area (TPSA) is 64.6 Å². The molecule has 0 radical (unpaired) electrons. The monoisotopic (exact) mass is 414 g/mol. The average molecular weight is 415 g/mol. The number of piperazine rings is 1. The van der Waals surface area contributed by atoms with Gasteiger partial charge < -0.3 is 15.1 Å². The van der Waals surface area contributed by atoms with Gasteiger partial charge in [0.15, 0.2) is 5.78 Å². The molecule has 1 fully saturated rings. The molecule has 0 bridgehead atoms. The molecule has 0 amide bonds. The van der Waals surface area contributed by atoms with Gasteiger partial charge in [0.1, 0.15) is 18.0 Å². The van der Waals surface area contributed by atoms with Crippen LogP contribution in [0.1, 0.15) is 17.2 Å². The molecule has 2 aromatic rings. The molecular weight excluding hydrogens is 388 g/mol. The highest BCUT2D eigenvalue weighted by atomic mass is 35.5. The first-order valence-electron chi connectivity index (χ1n) is 10.0. The number of anilines is 2. The number of hydrogen-bond acceptors (Lipinski definition) is 7. The van der Waals surface area contributed by atoms with E-state index in [0.717, 1.165) is 54.9 Å². The molecule has 2 aliphatic heterocycles. The molecule has 1 saturated heterocycles. The normalized spacial score (nSPS) is 18.5. The van der Waals surface area contributed by atoms with Crippen LogP contribution >= 0.6 is 11.6 Å². The zero-order valence-electron chi connectivity index (χ0n) is 16.9. The van der Waals surface area contributed by atoms with Crippen LogP contribution in [0.4, 0.5) is 11.6 Å². The number of benzene rings is 1. The second kappa shape index (κ2) is 8.65. The van der Waals surface area contributed by atoms with E-state index in [2.05, 4.69) is 56.2 Å². The Balaban J connectivity index is 1.51. The van der Waals surface area contributed by atoms with E-state index < -0.39 is 0 Å². The van der Waals surface area contributed by atoms with Crippen LogP contribution in [0.5, 0.6) is 0 Å². The van der Waals surface area contributed by atoms with Crippen molar-refractivity contribution in [1.29, 1.82) is 0 Å². The molecule has 8 heteroatoms. The predicted octanol–water partition coefficient (Wildman–Crippen LogP) is 2.09. The van der Waals surface area contributed by atoms with Crippen LogP contribution in [0.2, 0.25) is 5.02 Å². The Hall–Kier alpha value is -2.22. The molecule has 2 aliphatic rings. The number of carbonyl (C=O) groups is 1. The lowest BCUT2D eigenvalue weighted by molar-refractivity contribution is -0.117. The fraction of sp³-hybridized carbons (Fsp3) is 0.476. The first kappa shape index (κ1) is 20.1. The van der Waals surface area contributed by atoms with E-state index in [1.54, 1.807) is 6.33 Å². The highest BCUT2D eigenvalue weighted by molar-refractivity contribution is 6.31. The van der Waals surface area contributed by atoms with Crippen molar-refractivity contribution in [3.8, 4) is 0 Å². The zero-order chi connectivity index (χ0) is 20.4. The largest absolute Gasteiger partial charge is 0.363 e. The number of rotatable bonds is 5. The van der Waals surface area contributed by atoms with Gasteiger partial charge in [0, 0.05) is 55.8 Å². The molecular formula is C21H27ClN6O. The summed E-state index contributed by atoms with van der Waals surface area (Å²) >= 11 is 6.53. The second-order valence-electron chi connectivity index (χ2n) is 7.92. The molecule has 4 rings (SSSR count). The van der Waals surface area contributed by atoms with Crippen molar-refractivity contribution in [3.05, 3.63) is 46.7 Å². The molecule has 0 saturated carbocycles. The lowest BCUT2D eigenvalue weighted by Gasteiger charge is -2.41. The van der Waals surface area contributed by atoms with Gasteiger partial charge >= 0.3 is 0 Å². The molecule has 1 aromatic heterocycles. The Morgan fingerprint density at radius 1 is 1.17 bits per heavy atom. The van der Waals surface area contributed by atoms with Gasteiger partial charge in [0.05, 0.1) is 6.54 Å². The fourth-order valence-corrected chi connectivity index (χ4v) is 4.44. The first-order valence-corrected chi connectivity index (χ1v) is 10.4. The number of fused-ring (bicyclic) bond motifs is 1. The third-order valence-electron chi connectivity index (χ3n) is 5.61. The minimum atomic E-state index is 0.178. The Morgan fingerprint density at radius 3 is 2.66 bits per heavy atom. The number of carbonyl (C=O) groups excluding carboxylic acids is 1. The number of ketones is 1. The number of likely N-dealkylation sites (N-methyl/N-ethyl adjacent to an activating group) is 1. The molecule has 0 aliphatic carbocycles. The van der Waals surface area contributed by atoms with Crippen LogP contribution < -0.4 is 10.2 Å². The lowest BCUT2D eigenvalue weighted by Crippen LogP contribution is -2.50. The van der Waals surface area contributed by atoms with Gasteiger partial charge in [-0.2, -0.15) is 0 Å². The van der Waals surface area contributed by atoms with E-state index in [-0.39, 0.29) is 11.8 Å². The van der Waals surface area contributed by atoms with Crippen molar-refractivity contribution in [2.75, 3.05) is 63.6 Å². The van der Waals surface area contributed by atoms with Crippen molar-refractivity contribution in [2.24, 2.45) is 0 Å². The van der Waals surface area contributed by atoms with Crippen molar-refractivity contribution in [2.45, 2.75) is 12.5 Å². The van der Waals surface area contributed by atoms with Crippen LogP contribution in [0.25, 0.3) is 0 Å². The second-order valence-corrected chi connectivity index (χ2v) is 8.32. The van der Waals surface area contributed by atoms with Crippen LogP contribution in [0.3, 0.4) is 0 Å². The van der Waals surface area contributed by atoms with Crippen molar-refractivity contribution < 1.29 is 4.79 Å². The maximum Gasteiger partial charge on any atom is 0.156 e. The summed E-state index contributed by atoms with van der Waals surface area (Å²) in [7, 11) is 4.19. The van der Waals surface area contributed by atoms with Gasteiger partial charge in [0.2, 0.25) is 0 Å². The number of aromatic nitrogens is 2. The van der Waals surface area contributed by atoms with Crippen LogP contribution in [0.15, 0.2) is 30.6 Å². The Kier molecular flexibility index (Phi) is 5.99. The van der Waals surface area contributed by atoms with Crippen molar-refractivity contribution >= 4 is 29.0 Å². The number of hydrogen-bond donors (Lipinski definition) is 1. The molecule has 1 unspecified atom stereocenters. The van der Waals surface area contributed by atoms with E-state index in [9.17, 15) is 4.79 Å². The van der Waals surface area contributed by atoms with E-state index in [1.165, 1.54) is 5.56 Å². The van der Waals surface area contributed by atoms with E-state index in [4.69, 9.17) is 11.6 Å². The molecule has 0 spiro atoms. The number of Topliss-reactive ketones (excluding diaryl/α,β-unsaturated/α-hetero) is 1. The maximum absolute atomic E-state index is 11.9. The van der Waals surface area contributed by atoms with Crippen LogP contribution in [-0.2, 0) is 11.2 Å². The van der Waals surface area contributed by atoms with Crippen molar-refractivity contribution in [1.82, 2.24) is 19.8 Å². The summed E-state index contributed by atoms with van der Waals surface area (Å²) in [5.41, 5.74) is 2.10. The Bertz CT molecular complexity index is 881. The summed E-state index contributed by atoms with van der Waals surface area (Å²) < 4.78 is 0. The fourth-order valence-electron chi connectivity index (χ4n) is 4.18. The summed E-state index contributed by atoms with van der Waals surface area (Å²) in [6, 6.07) is 8.36. The average Bonchev–Trinajstić information content (AvgIpc) is 2.72. The first-order chi connectivity index (χ1) is 14.0. The molecule has 3 heterocycles. The number of halogens is 1. The van der Waals surface area contributed by atoms with Gasteiger partial charge in [0.25, 0.3) is 0 Å². The van der Waals surface area contributed by atoms with Gasteiger partial charge in [-0.1, -0.05) is 29.8 Å². The standard InChI is InChI=1S/C21H27ClN6O/c1-26(2)13-19(16-5-3-4-6-18(16)22)27-7-9-28(10-8-27)21-17-11-15(29)12-23-20(17)24-14-25-21/h3-6,14,19H,7-13H2,1-2H3,(H,23,24,25). The summed E-state index contributed by atoms with van der Waals surface area (Å²) in [5.74, 6) is 1.85. The Morgan fingerprint density at radius 2 is 1.93 bits per heavy atom. The molecule has 154 valence electrons. The molecule has 1 atom stereocenters. The summed E-state index contributed by atoms with van der Waals surface area (Å²) in [5, 5.41) is 3.93. The van der Waals surface area contributed by atoms with E-state index in [0.29, 0.717) is 13.0 Å². The molecule has 1 N–H and O–H groups in total. The molecule has 7 nitrogen and oxygen atoms in total. The van der Waals surface area contributed by atoms with Gasteiger partial charge in [-0.15, -0.1) is 0 Å². The minimum Gasteiger partial charge on any atom is -0.363 e. The lowest BCUT2D eigenvalue weighted by atomic mass is 10.0. The predicted molar refractivity (Wildman–Crippen MR) is 116 cm³/mol. The highest BCUT2D eigenvalue weighted by Crippen LogP contribution is 2.31. The van der Waals surface area contributed by atoms with Gasteiger partial charge in [-0.05, 0) is 25.7 Å². The quantitative estimate of drug-likeness (QED) is 0.803. The minimum absolute atomic E-state index is 0.178. The molecule has 1 aromatic carbocycles. The van der Waals surface area contributed by atoms with Crippen molar-refractivity contribution in [3.63, 3.8) is 0 Å². The smallest absolute Gasteiger partial charge is 0.156 e. The number of nitrogens with zero attached hydrogens (tertiary/aromatic N) is 5. The summed E-state index contributed by atoms with van der Waals surface area (Å²) in [6.45, 7) is 4.78. The summed E-state index contributed by atoms with van der Waals surface area (Å²) in [6.07, 6.45) is 1.99. The SMILES string of the molecule is CN(C)CC(c1ccccc1Cl)N1CCN(c2ncnc3c2CC(=O)CN3)CC1. The van der Waals surface area contributed by atoms with Gasteiger partial charge in [-0.25, -0.2) is 9.97 Å². The van der Waals surface area contributed by atoms with E-state index >= 15 is 0 Å². The number of nitrogens with one attached hydrogen (secondary N) is 1. The zero-order valence-corrected chi connectivity index (χ0v) is 17.7. The Labute approximate surface area is 176 Å². The van der Waals surface area contributed by atoms with Crippen LogP contribution in [0, 0.1) is 0 Å². The van der Waals surface area contributed by atoms with Crippen LogP contribution in [-0.4, -0.2) is 78.9 Å². The molecule has 29 heavy (non-hydrogen) atoms. The highest BCUT2D eigenvalue weighted by Gasteiger charge is 2.29. The summed E-state index contributed by atoms with van der Waals surface area (Å²) in [4.78, 5) is 27.7. The van der Waals surface area contributed by atoms with Gasteiger partial charge in [-0.3, -0.25) is 9.69 Å². The maximum atomic E-state index is 11.9.